The molecule has 0 aromatic heterocycles. The van der Waals surface area contributed by atoms with E-state index in [0.717, 1.165) is 36.8 Å². The number of piperidine rings is 1. The standard InChI is InChI=1S/C18H25BrN2O2/c1-17(2,3)23-16(22)21-9-7-18(8-10-21)11-14(20)12-5-4-6-13(19)15(12)18/h4-6,14H,7-11,20H2,1-3H3. The van der Waals surface area contributed by atoms with Crippen molar-refractivity contribution < 1.29 is 9.53 Å². The summed E-state index contributed by atoms with van der Waals surface area (Å²) in [5, 5.41) is 0. The van der Waals surface area contributed by atoms with Crippen LogP contribution in [0, 0.1) is 0 Å². The molecule has 1 spiro atoms. The van der Waals surface area contributed by atoms with Crippen molar-refractivity contribution in [1.82, 2.24) is 4.90 Å². The Morgan fingerprint density at radius 1 is 1.35 bits per heavy atom. The molecule has 2 N–H and O–H groups in total. The van der Waals surface area contributed by atoms with E-state index in [1.807, 2.05) is 25.7 Å². The van der Waals surface area contributed by atoms with E-state index >= 15 is 0 Å². The molecular weight excluding hydrogens is 356 g/mol. The van der Waals surface area contributed by atoms with Crippen LogP contribution in [0.4, 0.5) is 4.79 Å². The highest BCUT2D eigenvalue weighted by molar-refractivity contribution is 9.10. The third-order valence-electron chi connectivity index (χ3n) is 4.96. The molecule has 5 heteroatoms. The first-order valence-corrected chi connectivity index (χ1v) is 9.04. The molecule has 1 aromatic carbocycles. The van der Waals surface area contributed by atoms with Gasteiger partial charge in [-0.1, -0.05) is 28.1 Å². The van der Waals surface area contributed by atoms with Gasteiger partial charge in [0.2, 0.25) is 0 Å². The van der Waals surface area contributed by atoms with Crippen LogP contribution in [0.2, 0.25) is 0 Å². The van der Waals surface area contributed by atoms with Crippen LogP contribution in [-0.2, 0) is 10.2 Å². The van der Waals surface area contributed by atoms with Crippen molar-refractivity contribution in [3.05, 3.63) is 33.8 Å². The number of ether oxygens (including phenoxy) is 1. The molecular formula is C18H25BrN2O2. The lowest BCUT2D eigenvalue weighted by Gasteiger charge is -2.40. The van der Waals surface area contributed by atoms with Crippen molar-refractivity contribution in [2.24, 2.45) is 5.73 Å². The lowest BCUT2D eigenvalue weighted by atomic mass is 9.73. The molecule has 1 aliphatic carbocycles. The Morgan fingerprint density at radius 3 is 2.61 bits per heavy atom. The minimum absolute atomic E-state index is 0.0906. The summed E-state index contributed by atoms with van der Waals surface area (Å²) in [6, 6.07) is 6.38. The second kappa shape index (κ2) is 5.78. The van der Waals surface area contributed by atoms with Crippen molar-refractivity contribution in [2.75, 3.05) is 13.1 Å². The quantitative estimate of drug-likeness (QED) is 0.736. The van der Waals surface area contributed by atoms with E-state index in [9.17, 15) is 4.79 Å². The summed E-state index contributed by atoms with van der Waals surface area (Å²) in [6.45, 7) is 7.16. The molecule has 1 amide bonds. The highest BCUT2D eigenvalue weighted by Gasteiger charge is 2.46. The van der Waals surface area contributed by atoms with Gasteiger partial charge in [-0.3, -0.25) is 0 Å². The summed E-state index contributed by atoms with van der Waals surface area (Å²) < 4.78 is 6.64. The number of fused-ring (bicyclic) bond motifs is 2. The fourth-order valence-corrected chi connectivity index (χ4v) is 4.74. The van der Waals surface area contributed by atoms with Crippen molar-refractivity contribution in [2.45, 2.75) is 57.1 Å². The normalized spacial score (nSPS) is 23.0. The van der Waals surface area contributed by atoms with Gasteiger partial charge >= 0.3 is 6.09 Å². The Balaban J connectivity index is 1.77. The number of hydrogen-bond acceptors (Lipinski definition) is 3. The predicted octanol–water partition coefficient (Wildman–Crippen LogP) is 4.12. The zero-order valence-electron chi connectivity index (χ0n) is 14.1. The average Bonchev–Trinajstić information content (AvgIpc) is 2.72. The number of likely N-dealkylation sites (tertiary alicyclic amines) is 1. The topological polar surface area (TPSA) is 55.6 Å². The molecule has 23 heavy (non-hydrogen) atoms. The van der Waals surface area contributed by atoms with Gasteiger partial charge in [0.05, 0.1) is 0 Å². The summed E-state index contributed by atoms with van der Waals surface area (Å²) in [7, 11) is 0. The molecule has 2 aliphatic rings. The van der Waals surface area contributed by atoms with Crippen LogP contribution < -0.4 is 5.73 Å². The fourth-order valence-electron chi connectivity index (χ4n) is 3.94. The number of nitrogens with two attached hydrogens (primary N) is 1. The summed E-state index contributed by atoms with van der Waals surface area (Å²) >= 11 is 3.71. The zero-order valence-corrected chi connectivity index (χ0v) is 15.6. The van der Waals surface area contributed by atoms with Gasteiger partial charge in [0.1, 0.15) is 5.60 Å². The average molecular weight is 381 g/mol. The molecule has 1 heterocycles. The Bertz CT molecular complexity index is 616. The van der Waals surface area contributed by atoms with Crippen molar-refractivity contribution >= 4 is 22.0 Å². The van der Waals surface area contributed by atoms with Crippen LogP contribution in [0.3, 0.4) is 0 Å². The van der Waals surface area contributed by atoms with Crippen molar-refractivity contribution in [3.63, 3.8) is 0 Å². The summed E-state index contributed by atoms with van der Waals surface area (Å²) in [4.78, 5) is 14.1. The van der Waals surface area contributed by atoms with Gasteiger partial charge in [-0.05, 0) is 57.2 Å². The molecule has 1 aliphatic heterocycles. The van der Waals surface area contributed by atoms with Gasteiger partial charge in [-0.25, -0.2) is 4.79 Å². The number of halogens is 1. The molecule has 1 unspecified atom stereocenters. The molecule has 1 fully saturated rings. The Kier molecular flexibility index (Phi) is 4.21. The van der Waals surface area contributed by atoms with Crippen molar-refractivity contribution in [1.29, 1.82) is 0 Å². The predicted molar refractivity (Wildman–Crippen MR) is 94.4 cm³/mol. The molecule has 126 valence electrons. The van der Waals surface area contributed by atoms with Gasteiger partial charge in [0.15, 0.2) is 0 Å². The zero-order chi connectivity index (χ0) is 16.8. The van der Waals surface area contributed by atoms with Gasteiger partial charge in [-0.2, -0.15) is 0 Å². The number of carbonyl (C=O) groups excluding carboxylic acids is 1. The van der Waals surface area contributed by atoms with Gasteiger partial charge < -0.3 is 15.4 Å². The first-order chi connectivity index (χ1) is 10.7. The van der Waals surface area contributed by atoms with Crippen molar-refractivity contribution in [3.8, 4) is 0 Å². The Labute approximate surface area is 146 Å². The maximum absolute atomic E-state index is 12.3. The maximum Gasteiger partial charge on any atom is 0.410 e. The van der Waals surface area contributed by atoms with E-state index in [4.69, 9.17) is 10.5 Å². The maximum atomic E-state index is 12.3. The molecule has 3 rings (SSSR count). The highest BCUT2D eigenvalue weighted by Crippen LogP contribution is 2.52. The Hall–Kier alpha value is -1.07. The molecule has 1 saturated heterocycles. The summed E-state index contributed by atoms with van der Waals surface area (Å²) in [5.74, 6) is 0. The minimum atomic E-state index is -0.447. The van der Waals surface area contributed by atoms with Gasteiger partial charge in [-0.15, -0.1) is 0 Å². The molecule has 1 atom stereocenters. The molecule has 0 saturated carbocycles. The lowest BCUT2D eigenvalue weighted by Crippen LogP contribution is -2.46. The van der Waals surface area contributed by atoms with Crippen LogP contribution in [0.25, 0.3) is 0 Å². The van der Waals surface area contributed by atoms with E-state index in [1.165, 1.54) is 11.1 Å². The van der Waals surface area contributed by atoms with Gasteiger partial charge in [0, 0.05) is 29.0 Å². The smallest absolute Gasteiger partial charge is 0.410 e. The van der Waals surface area contributed by atoms with Crippen LogP contribution in [0.1, 0.15) is 57.2 Å². The van der Waals surface area contributed by atoms with Crippen LogP contribution in [0.5, 0.6) is 0 Å². The number of hydrogen-bond donors (Lipinski definition) is 1. The first kappa shape index (κ1) is 16.8. The van der Waals surface area contributed by atoms with E-state index in [1.54, 1.807) is 0 Å². The monoisotopic (exact) mass is 380 g/mol. The summed E-state index contributed by atoms with van der Waals surface area (Å²) in [6.07, 6.45) is 2.64. The molecule has 0 radical (unpaired) electrons. The first-order valence-electron chi connectivity index (χ1n) is 8.24. The Morgan fingerprint density at radius 2 is 2.00 bits per heavy atom. The van der Waals surface area contributed by atoms with E-state index in [-0.39, 0.29) is 17.6 Å². The molecule has 0 bridgehead atoms. The minimum Gasteiger partial charge on any atom is -0.444 e. The lowest BCUT2D eigenvalue weighted by molar-refractivity contribution is 0.0162. The van der Waals surface area contributed by atoms with Crippen LogP contribution in [0.15, 0.2) is 22.7 Å². The second-order valence-corrected chi connectivity index (χ2v) is 8.62. The number of carbonyl (C=O) groups is 1. The highest BCUT2D eigenvalue weighted by atomic mass is 79.9. The SMILES string of the molecule is CC(C)(C)OC(=O)N1CCC2(CC1)CC(N)c1cccc(Br)c12. The number of nitrogens with zero attached hydrogens (tertiary/aromatic N) is 1. The number of rotatable bonds is 0. The largest absolute Gasteiger partial charge is 0.444 e. The van der Waals surface area contributed by atoms with Gasteiger partial charge in [0.25, 0.3) is 0 Å². The fraction of sp³-hybridized carbons (Fsp3) is 0.611. The third-order valence-corrected chi connectivity index (χ3v) is 5.62. The summed E-state index contributed by atoms with van der Waals surface area (Å²) in [5.41, 5.74) is 8.63. The molecule has 1 aromatic rings. The van der Waals surface area contributed by atoms with E-state index < -0.39 is 5.60 Å². The number of benzene rings is 1. The van der Waals surface area contributed by atoms with E-state index in [0.29, 0.717) is 0 Å². The molecule has 4 nitrogen and oxygen atoms in total. The van der Waals surface area contributed by atoms with Crippen LogP contribution in [-0.4, -0.2) is 29.7 Å². The second-order valence-electron chi connectivity index (χ2n) is 7.76. The van der Waals surface area contributed by atoms with Crippen LogP contribution >= 0.6 is 15.9 Å². The third kappa shape index (κ3) is 3.13. The number of amides is 1. The van der Waals surface area contributed by atoms with E-state index in [2.05, 4.69) is 34.1 Å².